The molecule has 0 aliphatic heterocycles. The fraction of sp³-hybridized carbons (Fsp3) is 0. The average Bonchev–Trinajstić information content (AvgIpc) is 1.72. The molecular formula is C3BiCuN3. The van der Waals surface area contributed by atoms with Gasteiger partial charge in [0, 0.05) is 17.1 Å². The van der Waals surface area contributed by atoms with Gasteiger partial charge < -0.3 is 0 Å². The molecule has 0 aliphatic rings. The number of nitrogens with zero attached hydrogens (tertiary/aromatic N) is 3. The van der Waals surface area contributed by atoms with E-state index in [2.05, 4.69) is 0 Å². The maximum atomic E-state index is 7.92. The van der Waals surface area contributed by atoms with Crippen molar-refractivity contribution in [1.29, 1.82) is 15.8 Å². The van der Waals surface area contributed by atoms with Crippen molar-refractivity contribution in [2.24, 2.45) is 0 Å². The molecule has 8 heavy (non-hydrogen) atoms. The van der Waals surface area contributed by atoms with Crippen LogP contribution in [-0.2, 0) is 17.1 Å². The number of rotatable bonds is 0. The van der Waals surface area contributed by atoms with Crippen molar-refractivity contribution in [1.82, 2.24) is 0 Å². The summed E-state index contributed by atoms with van der Waals surface area (Å²) in [5.74, 6) is 0. The van der Waals surface area contributed by atoms with Crippen LogP contribution in [0.1, 0.15) is 0 Å². The summed E-state index contributed by atoms with van der Waals surface area (Å²) >= 11 is -2.79. The zero-order valence-electron chi connectivity index (χ0n) is 3.59. The SMILES string of the molecule is N#[C][Bi]([C]#N)[C]#N.[Cu]. The van der Waals surface area contributed by atoms with Gasteiger partial charge in [-0.3, -0.25) is 0 Å². The molecule has 0 N–H and O–H groups in total. The van der Waals surface area contributed by atoms with Crippen molar-refractivity contribution in [3.8, 4) is 11.3 Å². The van der Waals surface area contributed by atoms with Crippen molar-refractivity contribution in [2.45, 2.75) is 0 Å². The molecule has 0 atom stereocenters. The molecule has 0 fully saturated rings. The first kappa shape index (κ1) is 10.8. The Morgan fingerprint density at radius 1 is 0.875 bits per heavy atom. The van der Waals surface area contributed by atoms with Crippen LogP contribution in [0, 0.1) is 27.1 Å². The summed E-state index contributed by atoms with van der Waals surface area (Å²) in [6.45, 7) is 0. The Bertz CT molecular complexity index is 137. The Balaban J connectivity index is 0. The Morgan fingerprint density at radius 3 is 1.12 bits per heavy atom. The van der Waals surface area contributed by atoms with E-state index >= 15 is 0 Å². The predicted molar refractivity (Wildman–Crippen MR) is 22.6 cm³/mol. The Morgan fingerprint density at radius 2 is 1.12 bits per heavy atom. The molecule has 0 saturated heterocycles. The third-order valence-corrected chi connectivity index (χ3v) is 2.63. The standard InChI is InChI=1S/3CN.Bi.Cu/c3*1-2;;. The first-order chi connectivity index (χ1) is 3.35. The van der Waals surface area contributed by atoms with Crippen molar-refractivity contribution in [3.05, 3.63) is 0 Å². The molecule has 0 heterocycles. The average molecular weight is 351 g/mol. The van der Waals surface area contributed by atoms with Gasteiger partial charge in [0.1, 0.15) is 0 Å². The summed E-state index contributed by atoms with van der Waals surface area (Å²) < 4.78 is 5.05. The molecule has 0 bridgehead atoms. The van der Waals surface area contributed by atoms with Crippen LogP contribution >= 0.6 is 0 Å². The molecule has 3 nitrogen and oxygen atoms in total. The van der Waals surface area contributed by atoms with E-state index in [-0.39, 0.29) is 17.1 Å². The van der Waals surface area contributed by atoms with Gasteiger partial charge in [-0.2, -0.15) is 0 Å². The van der Waals surface area contributed by atoms with Crippen molar-refractivity contribution >= 4 is 21.8 Å². The zero-order chi connectivity index (χ0) is 5.70. The van der Waals surface area contributed by atoms with Gasteiger partial charge in [0.2, 0.25) is 0 Å². The zero-order valence-corrected chi connectivity index (χ0v) is 8.01. The van der Waals surface area contributed by atoms with Gasteiger partial charge in [0.25, 0.3) is 0 Å². The van der Waals surface area contributed by atoms with Crippen LogP contribution in [0.15, 0.2) is 0 Å². The molecule has 0 aromatic rings. The second-order valence-corrected chi connectivity index (χ2v) is 5.58. The topological polar surface area (TPSA) is 71.4 Å². The van der Waals surface area contributed by atoms with E-state index in [0.717, 1.165) is 0 Å². The number of nitriles is 3. The van der Waals surface area contributed by atoms with E-state index in [1.807, 2.05) is 0 Å². The predicted octanol–water partition coefficient (Wildman–Crippen LogP) is -0.333. The first-order valence-corrected chi connectivity index (χ1v) is 6.56. The van der Waals surface area contributed by atoms with Crippen LogP contribution in [0.4, 0.5) is 0 Å². The van der Waals surface area contributed by atoms with E-state index in [1.165, 1.54) is 0 Å². The summed E-state index contributed by atoms with van der Waals surface area (Å²) in [5, 5.41) is 23.8. The van der Waals surface area contributed by atoms with Crippen LogP contribution in [0.2, 0.25) is 0 Å². The molecule has 43 valence electrons. The molecular weight excluding hydrogens is 351 g/mol. The van der Waals surface area contributed by atoms with Gasteiger partial charge in [-0.05, 0) is 0 Å². The van der Waals surface area contributed by atoms with Gasteiger partial charge in [-0.25, -0.2) is 0 Å². The molecule has 0 aromatic carbocycles. The minimum Gasteiger partial charge on any atom is 0 e. The summed E-state index contributed by atoms with van der Waals surface area (Å²) in [5.41, 5.74) is 0. The van der Waals surface area contributed by atoms with E-state index in [0.29, 0.717) is 0 Å². The molecule has 0 unspecified atom stereocenters. The van der Waals surface area contributed by atoms with E-state index in [4.69, 9.17) is 15.8 Å². The van der Waals surface area contributed by atoms with Crippen LogP contribution in [0.5, 0.6) is 0 Å². The Kier molecular flexibility index (Phi) is 9.26. The van der Waals surface area contributed by atoms with Crippen LogP contribution in [-0.4, -0.2) is 21.8 Å². The van der Waals surface area contributed by atoms with Gasteiger partial charge in [0.05, 0.1) is 0 Å². The molecule has 0 aliphatic carbocycles. The molecule has 5 heteroatoms. The van der Waals surface area contributed by atoms with Crippen LogP contribution in [0.25, 0.3) is 0 Å². The maximum absolute atomic E-state index is 7.92. The summed E-state index contributed by atoms with van der Waals surface area (Å²) in [6, 6.07) is 0. The summed E-state index contributed by atoms with van der Waals surface area (Å²) in [6.07, 6.45) is 0. The fourth-order valence-corrected chi connectivity index (χ4v) is 0.589. The molecule has 0 amide bonds. The van der Waals surface area contributed by atoms with E-state index in [1.54, 1.807) is 11.3 Å². The van der Waals surface area contributed by atoms with E-state index < -0.39 is 21.8 Å². The number of hydrogen-bond acceptors (Lipinski definition) is 3. The first-order valence-electron chi connectivity index (χ1n) is 1.34. The van der Waals surface area contributed by atoms with Gasteiger partial charge in [-0.1, -0.05) is 0 Å². The fourth-order valence-electron chi connectivity index (χ4n) is 0.0671. The molecule has 0 aromatic heterocycles. The second-order valence-electron chi connectivity index (χ2n) is 0.635. The third-order valence-electron chi connectivity index (χ3n) is 0.300. The molecule has 0 rings (SSSR count). The van der Waals surface area contributed by atoms with Gasteiger partial charge in [0.15, 0.2) is 0 Å². The second kappa shape index (κ2) is 6.87. The maximum Gasteiger partial charge on any atom is 0 e. The van der Waals surface area contributed by atoms with Crippen molar-refractivity contribution < 1.29 is 17.1 Å². The Labute approximate surface area is 65.7 Å². The monoisotopic (exact) mass is 350 g/mol. The molecule has 1 radical (unpaired) electrons. The van der Waals surface area contributed by atoms with Crippen LogP contribution < -0.4 is 0 Å². The minimum atomic E-state index is -2.79. The largest absolute Gasteiger partial charge is 0 e. The minimum absolute atomic E-state index is 0. The van der Waals surface area contributed by atoms with Gasteiger partial charge in [-0.15, -0.1) is 0 Å². The smallest absolute Gasteiger partial charge is 0 e. The van der Waals surface area contributed by atoms with Crippen molar-refractivity contribution in [3.63, 3.8) is 0 Å². The van der Waals surface area contributed by atoms with Gasteiger partial charge >= 0.3 is 48.9 Å². The van der Waals surface area contributed by atoms with Crippen LogP contribution in [0.3, 0.4) is 0 Å². The summed E-state index contributed by atoms with van der Waals surface area (Å²) in [7, 11) is 0. The normalized spacial score (nSPS) is 5.25. The molecule has 0 spiro atoms. The van der Waals surface area contributed by atoms with E-state index in [9.17, 15) is 0 Å². The molecule has 0 saturated carbocycles. The summed E-state index contributed by atoms with van der Waals surface area (Å²) in [4.78, 5) is 0. The third kappa shape index (κ3) is 4.04. The van der Waals surface area contributed by atoms with Crippen molar-refractivity contribution in [2.75, 3.05) is 0 Å². The number of hydrogen-bond donors (Lipinski definition) is 0. The quantitative estimate of drug-likeness (QED) is 0.562. The Hall–Kier alpha value is -0.127.